The first kappa shape index (κ1) is 26.6. The number of thioether (sulfide) groups is 1. The van der Waals surface area contributed by atoms with E-state index in [1.54, 1.807) is 4.90 Å². The molecule has 2 fully saturated rings. The van der Waals surface area contributed by atoms with Crippen LogP contribution in [0.3, 0.4) is 0 Å². The zero-order valence-corrected chi connectivity index (χ0v) is 25.1. The summed E-state index contributed by atoms with van der Waals surface area (Å²) in [6.45, 7) is 5.63. The molecule has 2 amide bonds. The Balaban J connectivity index is 1.13. The lowest BCUT2D eigenvalue weighted by molar-refractivity contribution is -0.124. The van der Waals surface area contributed by atoms with E-state index < -0.39 is 4.87 Å². The molecule has 216 valence electrons. The van der Waals surface area contributed by atoms with Gasteiger partial charge in [0.1, 0.15) is 11.2 Å². The van der Waals surface area contributed by atoms with E-state index in [0.717, 1.165) is 64.5 Å². The van der Waals surface area contributed by atoms with Gasteiger partial charge < -0.3 is 9.32 Å². The zero-order valence-electron chi connectivity index (χ0n) is 23.6. The van der Waals surface area contributed by atoms with Crippen molar-refractivity contribution in [3.8, 4) is 0 Å². The van der Waals surface area contributed by atoms with Crippen molar-refractivity contribution in [2.45, 2.75) is 17.0 Å². The van der Waals surface area contributed by atoms with Gasteiger partial charge in [-0.2, -0.15) is 0 Å². The summed E-state index contributed by atoms with van der Waals surface area (Å²) < 4.78 is 6.17. The fourth-order valence-corrected chi connectivity index (χ4v) is 8.47. The molecule has 9 heteroatoms. The molecular formula is C34H29ClN4O3S. The lowest BCUT2D eigenvalue weighted by Gasteiger charge is -2.38. The maximum absolute atomic E-state index is 14.7. The Bertz CT molecular complexity index is 1920. The Morgan fingerprint density at radius 1 is 0.837 bits per heavy atom. The Morgan fingerprint density at radius 3 is 2.44 bits per heavy atom. The van der Waals surface area contributed by atoms with Gasteiger partial charge in [-0.05, 0) is 49.4 Å². The number of carbonyl (C=O) groups is 2. The monoisotopic (exact) mass is 608 g/mol. The summed E-state index contributed by atoms with van der Waals surface area (Å²) >= 11 is 7.66. The second kappa shape index (κ2) is 10.0. The summed E-state index contributed by atoms with van der Waals surface area (Å²) in [4.78, 5) is 35.6. The van der Waals surface area contributed by atoms with E-state index in [-0.39, 0.29) is 17.1 Å². The summed E-state index contributed by atoms with van der Waals surface area (Å²) in [6.07, 6.45) is 0. The third kappa shape index (κ3) is 4.08. The normalized spacial score (nSPS) is 22.5. The Labute approximate surface area is 258 Å². The minimum absolute atomic E-state index is 0.0828. The van der Waals surface area contributed by atoms with Crippen LogP contribution in [-0.4, -0.2) is 54.8 Å². The van der Waals surface area contributed by atoms with Crippen molar-refractivity contribution < 1.29 is 14.0 Å². The molecule has 3 aliphatic heterocycles. The molecule has 0 aliphatic carbocycles. The number of halogens is 1. The molecule has 0 bridgehead atoms. The molecule has 5 aromatic rings. The van der Waals surface area contributed by atoms with E-state index in [0.29, 0.717) is 17.9 Å². The zero-order chi connectivity index (χ0) is 29.3. The van der Waals surface area contributed by atoms with Gasteiger partial charge in [-0.1, -0.05) is 54.1 Å². The molecule has 2 saturated heterocycles. The number of rotatable bonds is 4. The van der Waals surface area contributed by atoms with Crippen molar-refractivity contribution >= 4 is 74.2 Å². The smallest absolute Gasteiger partial charge is 0.269 e. The van der Waals surface area contributed by atoms with Gasteiger partial charge in [-0.3, -0.25) is 24.3 Å². The van der Waals surface area contributed by atoms with Crippen LogP contribution in [0.1, 0.15) is 12.5 Å². The fraction of sp³-hybridized carbons (Fsp3) is 0.235. The number of para-hydroxylation sites is 2. The van der Waals surface area contributed by atoms with E-state index in [9.17, 15) is 9.59 Å². The largest absolute Gasteiger partial charge is 0.456 e. The summed E-state index contributed by atoms with van der Waals surface area (Å²) in [6, 6.07) is 29.6. The second-order valence-electron chi connectivity index (χ2n) is 11.3. The molecule has 0 radical (unpaired) electrons. The number of anilines is 3. The number of amides is 2. The molecule has 0 N–H and O–H groups in total. The highest BCUT2D eigenvalue weighted by atomic mass is 35.5. The molecule has 8 rings (SSSR count). The Kier molecular flexibility index (Phi) is 6.22. The molecule has 2 atom stereocenters. The average Bonchev–Trinajstić information content (AvgIpc) is 3.61. The van der Waals surface area contributed by atoms with Gasteiger partial charge in [0.25, 0.3) is 5.91 Å². The SMILES string of the molecule is C[C@H]1S[C@]2(C(=O)N(CN3CCN(c4cccc(Cl)c4)CC3)c3ccccc32)N(c2ccc3c(c2)oc2ccccc23)C1=O. The van der Waals surface area contributed by atoms with E-state index in [4.69, 9.17) is 16.0 Å². The van der Waals surface area contributed by atoms with Crippen LogP contribution in [0.25, 0.3) is 21.9 Å². The molecule has 4 aromatic carbocycles. The number of furan rings is 1. The first-order chi connectivity index (χ1) is 20.9. The van der Waals surface area contributed by atoms with E-state index >= 15 is 0 Å². The highest BCUT2D eigenvalue weighted by Crippen LogP contribution is 2.58. The van der Waals surface area contributed by atoms with Crippen molar-refractivity contribution in [1.29, 1.82) is 0 Å². The highest BCUT2D eigenvalue weighted by molar-refractivity contribution is 8.03. The second-order valence-corrected chi connectivity index (χ2v) is 13.3. The van der Waals surface area contributed by atoms with Crippen molar-refractivity contribution in [3.63, 3.8) is 0 Å². The van der Waals surface area contributed by atoms with Crippen LogP contribution >= 0.6 is 23.4 Å². The molecule has 7 nitrogen and oxygen atoms in total. The van der Waals surface area contributed by atoms with Crippen molar-refractivity contribution in [2.24, 2.45) is 0 Å². The quantitative estimate of drug-likeness (QED) is 0.227. The van der Waals surface area contributed by atoms with Crippen LogP contribution in [0.2, 0.25) is 5.02 Å². The van der Waals surface area contributed by atoms with Crippen LogP contribution in [-0.2, 0) is 14.5 Å². The van der Waals surface area contributed by atoms with Crippen LogP contribution < -0.4 is 14.7 Å². The number of piperazine rings is 1. The lowest BCUT2D eigenvalue weighted by atomic mass is 10.0. The molecule has 4 heterocycles. The number of hydrogen-bond acceptors (Lipinski definition) is 6. The molecular weight excluding hydrogens is 580 g/mol. The number of carbonyl (C=O) groups excluding carboxylic acids is 2. The van der Waals surface area contributed by atoms with Gasteiger partial charge in [0.2, 0.25) is 10.8 Å². The molecule has 0 unspecified atom stereocenters. The van der Waals surface area contributed by atoms with Gasteiger partial charge >= 0.3 is 0 Å². The number of benzene rings is 4. The van der Waals surface area contributed by atoms with Crippen molar-refractivity contribution in [1.82, 2.24) is 4.90 Å². The third-order valence-electron chi connectivity index (χ3n) is 8.83. The lowest BCUT2D eigenvalue weighted by Crippen LogP contribution is -2.54. The topological polar surface area (TPSA) is 60.2 Å². The minimum atomic E-state index is -1.19. The average molecular weight is 609 g/mol. The standard InChI is InChI=1S/C34H29ClN4O3S/c1-22-32(40)39(25-13-14-27-26-9-2-5-12-30(26)42-31(27)20-25)34(43-22)28-10-3-4-11-29(28)38(33(34)41)21-36-15-17-37(18-16-36)24-8-6-7-23(35)19-24/h2-14,19-20,22H,15-18,21H2,1H3/t22-,34-/m1/s1. The van der Waals surface area contributed by atoms with E-state index in [2.05, 4.69) is 15.9 Å². The van der Waals surface area contributed by atoms with Gasteiger partial charge in [0.15, 0.2) is 0 Å². The first-order valence-electron chi connectivity index (χ1n) is 14.5. The third-order valence-corrected chi connectivity index (χ3v) is 10.5. The van der Waals surface area contributed by atoms with Crippen LogP contribution in [0, 0.1) is 0 Å². The molecule has 3 aliphatic rings. The van der Waals surface area contributed by atoms with Crippen LogP contribution in [0.5, 0.6) is 0 Å². The highest BCUT2D eigenvalue weighted by Gasteiger charge is 2.63. The van der Waals surface area contributed by atoms with Crippen LogP contribution in [0.4, 0.5) is 17.1 Å². The Morgan fingerprint density at radius 2 is 1.60 bits per heavy atom. The first-order valence-corrected chi connectivity index (χ1v) is 15.8. The van der Waals surface area contributed by atoms with Gasteiger partial charge in [-0.15, -0.1) is 11.8 Å². The number of fused-ring (bicyclic) bond motifs is 5. The maximum Gasteiger partial charge on any atom is 0.269 e. The van der Waals surface area contributed by atoms with Gasteiger partial charge in [0, 0.05) is 65.0 Å². The van der Waals surface area contributed by atoms with Crippen molar-refractivity contribution in [3.05, 3.63) is 102 Å². The Hall–Kier alpha value is -3.98. The predicted octanol–water partition coefficient (Wildman–Crippen LogP) is 6.69. The number of nitrogens with zero attached hydrogens (tertiary/aromatic N) is 4. The van der Waals surface area contributed by atoms with Crippen molar-refractivity contribution in [2.75, 3.05) is 47.5 Å². The summed E-state index contributed by atoms with van der Waals surface area (Å²) in [7, 11) is 0. The van der Waals surface area contributed by atoms with E-state index in [1.165, 1.54) is 11.8 Å². The number of hydrogen-bond donors (Lipinski definition) is 0. The van der Waals surface area contributed by atoms with Crippen LogP contribution in [0.15, 0.2) is 95.4 Å². The minimum Gasteiger partial charge on any atom is -0.456 e. The van der Waals surface area contributed by atoms with Gasteiger partial charge in [0.05, 0.1) is 17.6 Å². The van der Waals surface area contributed by atoms with Gasteiger partial charge in [-0.25, -0.2) is 0 Å². The molecule has 43 heavy (non-hydrogen) atoms. The predicted molar refractivity (Wildman–Crippen MR) is 174 cm³/mol. The summed E-state index contributed by atoms with van der Waals surface area (Å²) in [5.74, 6) is -0.168. The molecule has 1 spiro atoms. The summed E-state index contributed by atoms with van der Waals surface area (Å²) in [5, 5.41) is 2.35. The maximum atomic E-state index is 14.7. The molecule has 1 aromatic heterocycles. The van der Waals surface area contributed by atoms with E-state index in [1.807, 2.05) is 96.8 Å². The summed E-state index contributed by atoms with van der Waals surface area (Å²) in [5.41, 5.74) is 4.97. The fourth-order valence-electron chi connectivity index (χ4n) is 6.75. The molecule has 0 saturated carbocycles.